The summed E-state index contributed by atoms with van der Waals surface area (Å²) in [6.45, 7) is 3.97. The van der Waals surface area contributed by atoms with Crippen molar-refractivity contribution in [3.05, 3.63) is 29.3 Å². The number of nitrogens with one attached hydrogen (secondary N) is 1. The Morgan fingerprint density at radius 1 is 1.35 bits per heavy atom. The van der Waals surface area contributed by atoms with E-state index in [4.69, 9.17) is 4.74 Å². The number of benzene rings is 1. The van der Waals surface area contributed by atoms with E-state index < -0.39 is 23.3 Å². The Labute approximate surface area is 138 Å². The van der Waals surface area contributed by atoms with Crippen molar-refractivity contribution in [1.82, 2.24) is 0 Å². The van der Waals surface area contributed by atoms with Crippen LogP contribution in [0.4, 0.5) is 19.3 Å². The van der Waals surface area contributed by atoms with Crippen molar-refractivity contribution >= 4 is 23.5 Å². The predicted molar refractivity (Wildman–Crippen MR) is 86.6 cm³/mol. The number of hydrogen-bond donors (Lipinski definition) is 2. The highest BCUT2D eigenvalue weighted by molar-refractivity contribution is 7.99. The molecular weight excluding hydrogens is 324 g/mol. The molecule has 0 unspecified atom stereocenters. The van der Waals surface area contributed by atoms with Gasteiger partial charge >= 0.3 is 6.09 Å². The third-order valence-electron chi connectivity index (χ3n) is 3.62. The van der Waals surface area contributed by atoms with Crippen molar-refractivity contribution in [1.29, 1.82) is 0 Å². The molecule has 0 spiro atoms. The van der Waals surface area contributed by atoms with E-state index in [1.54, 1.807) is 11.8 Å². The summed E-state index contributed by atoms with van der Waals surface area (Å²) in [4.78, 5) is 11.6. The summed E-state index contributed by atoms with van der Waals surface area (Å²) in [5.41, 5.74) is -1.85. The van der Waals surface area contributed by atoms with Crippen LogP contribution in [0.25, 0.3) is 0 Å². The number of thioether (sulfide) groups is 1. The van der Waals surface area contributed by atoms with Gasteiger partial charge in [0.2, 0.25) is 0 Å². The minimum atomic E-state index is -1.49. The Kier molecular flexibility index (Phi) is 5.86. The summed E-state index contributed by atoms with van der Waals surface area (Å²) in [5.74, 6) is -0.263. The van der Waals surface area contributed by atoms with Gasteiger partial charge in [0.15, 0.2) is 0 Å². The molecule has 7 heteroatoms. The largest absolute Gasteiger partial charge is 0.449 e. The highest BCUT2D eigenvalue weighted by atomic mass is 32.2. The lowest BCUT2D eigenvalue weighted by Gasteiger charge is -2.32. The van der Waals surface area contributed by atoms with Crippen molar-refractivity contribution in [3.63, 3.8) is 0 Å². The third-order valence-corrected chi connectivity index (χ3v) is 4.61. The predicted octanol–water partition coefficient (Wildman–Crippen LogP) is 3.88. The molecule has 0 aromatic heterocycles. The van der Waals surface area contributed by atoms with E-state index in [1.165, 1.54) is 0 Å². The topological polar surface area (TPSA) is 58.6 Å². The summed E-state index contributed by atoms with van der Waals surface area (Å²) in [7, 11) is 0. The van der Waals surface area contributed by atoms with Gasteiger partial charge in [-0.05, 0) is 42.4 Å². The Morgan fingerprint density at radius 3 is 2.43 bits per heavy atom. The van der Waals surface area contributed by atoms with Crippen LogP contribution in [0.5, 0.6) is 0 Å². The molecule has 1 aliphatic rings. The van der Waals surface area contributed by atoms with E-state index in [0.29, 0.717) is 24.3 Å². The van der Waals surface area contributed by atoms with Gasteiger partial charge in [0.25, 0.3) is 0 Å². The lowest BCUT2D eigenvalue weighted by Crippen LogP contribution is -2.33. The number of rotatable bonds is 4. The first-order valence-electron chi connectivity index (χ1n) is 7.55. The summed E-state index contributed by atoms with van der Waals surface area (Å²) in [6.07, 6.45) is -0.165. The van der Waals surface area contributed by atoms with E-state index >= 15 is 0 Å². The number of amides is 1. The highest BCUT2D eigenvalue weighted by Crippen LogP contribution is 2.39. The van der Waals surface area contributed by atoms with Gasteiger partial charge < -0.3 is 9.84 Å². The van der Waals surface area contributed by atoms with Gasteiger partial charge in [-0.3, -0.25) is 5.32 Å². The number of ether oxygens (including phenoxy) is 1. The summed E-state index contributed by atoms with van der Waals surface area (Å²) >= 11 is 1.64. The molecule has 4 nitrogen and oxygen atoms in total. The number of hydrogen-bond acceptors (Lipinski definition) is 4. The highest BCUT2D eigenvalue weighted by Gasteiger charge is 2.37. The lowest BCUT2D eigenvalue weighted by molar-refractivity contribution is 0.0209. The molecule has 23 heavy (non-hydrogen) atoms. The van der Waals surface area contributed by atoms with Crippen LogP contribution in [0.3, 0.4) is 0 Å². The van der Waals surface area contributed by atoms with Gasteiger partial charge in [0.05, 0.1) is 17.8 Å². The molecule has 1 fully saturated rings. The molecule has 1 amide bonds. The molecule has 2 rings (SSSR count). The third kappa shape index (κ3) is 4.57. The maximum absolute atomic E-state index is 14.3. The summed E-state index contributed by atoms with van der Waals surface area (Å²) in [6, 6.07) is 2.02. The second-order valence-corrected chi connectivity index (χ2v) is 7.30. The van der Waals surface area contributed by atoms with Crippen LogP contribution in [-0.4, -0.2) is 29.3 Å². The molecule has 1 aliphatic heterocycles. The van der Waals surface area contributed by atoms with Crippen LogP contribution in [0, 0.1) is 17.6 Å². The van der Waals surface area contributed by atoms with Crippen molar-refractivity contribution in [2.24, 2.45) is 5.92 Å². The molecule has 1 saturated heterocycles. The first-order valence-corrected chi connectivity index (χ1v) is 8.71. The SMILES string of the molecule is CC(C)COC(=O)Nc1cc(F)c(C2(O)CCSCC2)c(F)c1. The van der Waals surface area contributed by atoms with Crippen LogP contribution in [0.15, 0.2) is 12.1 Å². The van der Waals surface area contributed by atoms with E-state index in [0.717, 1.165) is 12.1 Å². The Morgan fingerprint density at radius 2 is 1.91 bits per heavy atom. The normalized spacial score (nSPS) is 17.1. The quantitative estimate of drug-likeness (QED) is 0.869. The summed E-state index contributed by atoms with van der Waals surface area (Å²) in [5, 5.41) is 12.8. The second-order valence-electron chi connectivity index (χ2n) is 6.08. The van der Waals surface area contributed by atoms with Gasteiger partial charge in [0, 0.05) is 5.69 Å². The van der Waals surface area contributed by atoms with E-state index in [9.17, 15) is 18.7 Å². The standard InChI is InChI=1S/C16H21F2NO3S/c1-10(2)9-22-15(20)19-11-7-12(17)14(13(18)8-11)16(21)3-5-23-6-4-16/h7-8,10,21H,3-6,9H2,1-2H3,(H,19,20). The molecule has 1 aromatic rings. The molecule has 2 N–H and O–H groups in total. The van der Waals surface area contributed by atoms with E-state index in [1.807, 2.05) is 13.8 Å². The molecule has 0 aliphatic carbocycles. The minimum Gasteiger partial charge on any atom is -0.449 e. The van der Waals surface area contributed by atoms with Crippen molar-refractivity contribution in [2.75, 3.05) is 23.4 Å². The average molecular weight is 345 g/mol. The first kappa shape index (κ1) is 18.0. The second kappa shape index (κ2) is 7.49. The molecule has 0 bridgehead atoms. The monoisotopic (exact) mass is 345 g/mol. The maximum Gasteiger partial charge on any atom is 0.411 e. The van der Waals surface area contributed by atoms with Gasteiger partial charge in [-0.1, -0.05) is 13.8 Å². The zero-order valence-electron chi connectivity index (χ0n) is 13.2. The van der Waals surface area contributed by atoms with Crippen molar-refractivity contribution < 1.29 is 23.4 Å². The van der Waals surface area contributed by atoms with Crippen molar-refractivity contribution in [3.8, 4) is 0 Å². The zero-order chi connectivity index (χ0) is 17.0. The number of aliphatic hydroxyl groups is 1. The average Bonchev–Trinajstić information content (AvgIpc) is 2.44. The molecule has 128 valence electrons. The molecule has 0 atom stereocenters. The molecule has 1 heterocycles. The minimum absolute atomic E-state index is 0.0358. The van der Waals surface area contributed by atoms with Crippen LogP contribution in [0.2, 0.25) is 0 Å². The van der Waals surface area contributed by atoms with Gasteiger partial charge in [-0.15, -0.1) is 0 Å². The molecule has 0 saturated carbocycles. The fourth-order valence-corrected chi connectivity index (χ4v) is 3.61. The van der Waals surface area contributed by atoms with Gasteiger partial charge in [-0.2, -0.15) is 11.8 Å². The van der Waals surface area contributed by atoms with Crippen LogP contribution in [0.1, 0.15) is 32.3 Å². The fourth-order valence-electron chi connectivity index (χ4n) is 2.45. The van der Waals surface area contributed by atoms with Gasteiger partial charge in [0.1, 0.15) is 11.6 Å². The number of halogens is 2. The molecule has 1 aromatic carbocycles. The molecular formula is C16H21F2NO3S. The number of carbonyl (C=O) groups is 1. The Balaban J connectivity index is 2.15. The zero-order valence-corrected chi connectivity index (χ0v) is 14.0. The lowest BCUT2D eigenvalue weighted by atomic mass is 9.87. The Bertz CT molecular complexity index is 551. The Hall–Kier alpha value is -1.34. The van der Waals surface area contributed by atoms with Crippen LogP contribution >= 0.6 is 11.8 Å². The van der Waals surface area contributed by atoms with Crippen LogP contribution < -0.4 is 5.32 Å². The number of carbonyl (C=O) groups excluding carboxylic acids is 1. The van der Waals surface area contributed by atoms with Gasteiger partial charge in [-0.25, -0.2) is 13.6 Å². The smallest absolute Gasteiger partial charge is 0.411 e. The van der Waals surface area contributed by atoms with Crippen LogP contribution in [-0.2, 0) is 10.3 Å². The first-order chi connectivity index (χ1) is 10.8. The van der Waals surface area contributed by atoms with E-state index in [-0.39, 0.29) is 23.8 Å². The van der Waals surface area contributed by atoms with E-state index in [2.05, 4.69) is 5.32 Å². The fraction of sp³-hybridized carbons (Fsp3) is 0.562. The van der Waals surface area contributed by atoms with Crippen molar-refractivity contribution in [2.45, 2.75) is 32.3 Å². The summed E-state index contributed by atoms with van der Waals surface area (Å²) < 4.78 is 33.5. The number of anilines is 1. The maximum atomic E-state index is 14.3. The molecule has 0 radical (unpaired) electrons.